The molecule has 1 aromatic heterocycles. The molecular weight excluding hydrogens is 466 g/mol. The molecule has 2 heterocycles. The lowest BCUT2D eigenvalue weighted by atomic mass is 9.86. The standard InChI is InChI=1S/C27H33NO6S/c1-27(2,3)20-7-9-23-22(14-20)19(16-34-23)13-26(29)28(21-10-11-35(30,31)17-21)15-18-6-8-24(32-4)25(12-18)33-5/h6-9,12,14,16,21H,10-11,13,15,17H2,1-5H3. The fourth-order valence-corrected chi connectivity index (χ4v) is 6.30. The molecule has 3 aromatic rings. The van der Waals surface area contributed by atoms with Crippen molar-refractivity contribution in [1.29, 1.82) is 0 Å². The minimum atomic E-state index is -3.17. The van der Waals surface area contributed by atoms with E-state index in [1.807, 2.05) is 24.3 Å². The molecule has 1 saturated heterocycles. The van der Waals surface area contributed by atoms with Gasteiger partial charge >= 0.3 is 0 Å². The number of rotatable bonds is 7. The van der Waals surface area contributed by atoms with Crippen molar-refractivity contribution < 1.29 is 27.1 Å². The van der Waals surface area contributed by atoms with Crippen molar-refractivity contribution in [3.63, 3.8) is 0 Å². The predicted molar refractivity (Wildman–Crippen MR) is 136 cm³/mol. The Morgan fingerprint density at radius 3 is 2.46 bits per heavy atom. The SMILES string of the molecule is COc1ccc(CN(C(=O)Cc2coc3ccc(C(C)(C)C)cc23)C2CCS(=O)(=O)C2)cc1OC. The number of carbonyl (C=O) groups excluding carboxylic acids is 1. The normalized spacial score (nSPS) is 17.5. The van der Waals surface area contributed by atoms with E-state index in [2.05, 4.69) is 26.8 Å². The van der Waals surface area contributed by atoms with Gasteiger partial charge in [-0.15, -0.1) is 0 Å². The van der Waals surface area contributed by atoms with E-state index in [1.165, 1.54) is 0 Å². The summed E-state index contributed by atoms with van der Waals surface area (Å²) < 4.78 is 40.9. The first-order chi connectivity index (χ1) is 16.5. The van der Waals surface area contributed by atoms with Gasteiger partial charge in [-0.25, -0.2) is 8.42 Å². The molecule has 1 fully saturated rings. The van der Waals surface area contributed by atoms with Gasteiger partial charge in [-0.2, -0.15) is 0 Å². The number of hydrogen-bond donors (Lipinski definition) is 0. The minimum Gasteiger partial charge on any atom is -0.493 e. The highest BCUT2D eigenvalue weighted by atomic mass is 32.2. The molecule has 0 saturated carbocycles. The van der Waals surface area contributed by atoms with Crippen molar-refractivity contribution in [2.75, 3.05) is 25.7 Å². The van der Waals surface area contributed by atoms with Crippen molar-refractivity contribution in [2.24, 2.45) is 0 Å². The molecule has 7 nitrogen and oxygen atoms in total. The third-order valence-corrected chi connectivity index (χ3v) is 8.38. The van der Waals surface area contributed by atoms with Crippen molar-refractivity contribution in [1.82, 2.24) is 4.90 Å². The highest BCUT2D eigenvalue weighted by Crippen LogP contribution is 2.31. The van der Waals surface area contributed by atoms with Crippen molar-refractivity contribution in [3.8, 4) is 11.5 Å². The Kier molecular flexibility index (Phi) is 6.86. The first kappa shape index (κ1) is 25.1. The molecule has 1 atom stereocenters. The molecule has 1 aliphatic heterocycles. The highest BCUT2D eigenvalue weighted by molar-refractivity contribution is 7.91. The van der Waals surface area contributed by atoms with Crippen LogP contribution < -0.4 is 9.47 Å². The largest absolute Gasteiger partial charge is 0.493 e. The van der Waals surface area contributed by atoms with Crippen LogP contribution in [0.25, 0.3) is 11.0 Å². The third kappa shape index (κ3) is 5.48. The average molecular weight is 500 g/mol. The topological polar surface area (TPSA) is 86.0 Å². The van der Waals surface area contributed by atoms with Crippen molar-refractivity contribution in [2.45, 2.75) is 51.6 Å². The number of amides is 1. The summed E-state index contributed by atoms with van der Waals surface area (Å²) in [4.78, 5) is 15.3. The Hall–Kier alpha value is -3.00. The molecule has 0 bridgehead atoms. The van der Waals surface area contributed by atoms with Crippen LogP contribution in [-0.4, -0.2) is 51.0 Å². The van der Waals surface area contributed by atoms with E-state index < -0.39 is 9.84 Å². The van der Waals surface area contributed by atoms with E-state index in [9.17, 15) is 13.2 Å². The Morgan fingerprint density at radius 2 is 1.83 bits per heavy atom. The second kappa shape index (κ2) is 9.57. The van der Waals surface area contributed by atoms with Crippen LogP contribution in [0.4, 0.5) is 0 Å². The van der Waals surface area contributed by atoms with Gasteiger partial charge in [-0.3, -0.25) is 4.79 Å². The molecule has 0 spiro atoms. The molecule has 1 unspecified atom stereocenters. The zero-order chi connectivity index (χ0) is 25.4. The van der Waals surface area contributed by atoms with E-state index >= 15 is 0 Å². The molecule has 0 radical (unpaired) electrons. The lowest BCUT2D eigenvalue weighted by Gasteiger charge is -2.29. The zero-order valence-electron chi connectivity index (χ0n) is 21.0. The summed E-state index contributed by atoms with van der Waals surface area (Å²) in [6.07, 6.45) is 2.20. The maximum atomic E-state index is 13.6. The monoisotopic (exact) mass is 499 g/mol. The quantitative estimate of drug-likeness (QED) is 0.476. The Bertz CT molecular complexity index is 1340. The molecule has 8 heteroatoms. The summed E-state index contributed by atoms with van der Waals surface area (Å²) in [5.41, 5.74) is 3.49. The summed E-state index contributed by atoms with van der Waals surface area (Å²) in [6.45, 7) is 6.71. The first-order valence-electron chi connectivity index (χ1n) is 11.7. The van der Waals surface area contributed by atoms with Crippen LogP contribution in [-0.2, 0) is 33.0 Å². The number of methoxy groups -OCH3 is 2. The number of fused-ring (bicyclic) bond motifs is 1. The second-order valence-electron chi connectivity index (χ2n) is 10.2. The van der Waals surface area contributed by atoms with Crippen LogP contribution in [0, 0.1) is 0 Å². The van der Waals surface area contributed by atoms with E-state index in [0.29, 0.717) is 17.9 Å². The maximum Gasteiger partial charge on any atom is 0.227 e. The fourth-order valence-electron chi connectivity index (χ4n) is 4.57. The van der Waals surface area contributed by atoms with Gasteiger partial charge in [-0.05, 0) is 47.2 Å². The lowest BCUT2D eigenvalue weighted by molar-refractivity contribution is -0.133. The molecule has 1 aliphatic rings. The van der Waals surface area contributed by atoms with Crippen molar-refractivity contribution in [3.05, 3.63) is 59.4 Å². The maximum absolute atomic E-state index is 13.6. The number of ether oxygens (including phenoxy) is 2. The summed E-state index contributed by atoms with van der Waals surface area (Å²) in [5.74, 6) is 1.10. The third-order valence-electron chi connectivity index (χ3n) is 6.63. The zero-order valence-corrected chi connectivity index (χ0v) is 21.8. The van der Waals surface area contributed by atoms with Gasteiger partial charge in [0.2, 0.25) is 5.91 Å². The number of sulfone groups is 1. The van der Waals surface area contributed by atoms with Gasteiger partial charge in [0.15, 0.2) is 21.3 Å². The fraction of sp³-hybridized carbons (Fsp3) is 0.444. The number of benzene rings is 2. The number of carbonyl (C=O) groups is 1. The summed E-state index contributed by atoms with van der Waals surface area (Å²) in [5, 5.41) is 0.913. The molecule has 188 valence electrons. The second-order valence-corrected chi connectivity index (χ2v) is 12.4. The van der Waals surface area contributed by atoms with Crippen LogP contribution in [0.5, 0.6) is 11.5 Å². The Balaban J connectivity index is 1.64. The summed E-state index contributed by atoms with van der Waals surface area (Å²) in [6, 6.07) is 11.2. The summed E-state index contributed by atoms with van der Waals surface area (Å²) in [7, 11) is -0.0396. The van der Waals surface area contributed by atoms with Crippen LogP contribution in [0.3, 0.4) is 0 Å². The van der Waals surface area contributed by atoms with Crippen molar-refractivity contribution >= 4 is 26.7 Å². The molecule has 35 heavy (non-hydrogen) atoms. The first-order valence-corrected chi connectivity index (χ1v) is 13.5. The number of nitrogens with zero attached hydrogens (tertiary/aromatic N) is 1. The van der Waals surface area contributed by atoms with Gasteiger partial charge in [0.05, 0.1) is 38.4 Å². The van der Waals surface area contributed by atoms with Crippen LogP contribution in [0.1, 0.15) is 43.9 Å². The van der Waals surface area contributed by atoms with E-state index in [1.54, 1.807) is 31.4 Å². The summed E-state index contributed by atoms with van der Waals surface area (Å²) >= 11 is 0. The van der Waals surface area contributed by atoms with Gasteiger partial charge < -0.3 is 18.8 Å². The molecule has 0 aliphatic carbocycles. The van der Waals surface area contributed by atoms with Crippen LogP contribution >= 0.6 is 0 Å². The van der Waals surface area contributed by atoms with E-state index in [4.69, 9.17) is 13.9 Å². The Morgan fingerprint density at radius 1 is 1.09 bits per heavy atom. The molecular formula is C27H33NO6S. The van der Waals surface area contributed by atoms with Gasteiger partial charge in [0.1, 0.15) is 5.58 Å². The minimum absolute atomic E-state index is 0.0215. The smallest absolute Gasteiger partial charge is 0.227 e. The van der Waals surface area contributed by atoms with E-state index in [-0.39, 0.29) is 41.8 Å². The van der Waals surface area contributed by atoms with Gasteiger partial charge in [0, 0.05) is 23.5 Å². The van der Waals surface area contributed by atoms with E-state index in [0.717, 1.165) is 27.7 Å². The molecule has 1 amide bonds. The number of hydrogen-bond acceptors (Lipinski definition) is 6. The van der Waals surface area contributed by atoms with Gasteiger partial charge in [-0.1, -0.05) is 32.9 Å². The Labute approximate surface area is 206 Å². The highest BCUT2D eigenvalue weighted by Gasteiger charge is 2.35. The lowest BCUT2D eigenvalue weighted by Crippen LogP contribution is -2.41. The van der Waals surface area contributed by atoms with Crippen LogP contribution in [0.2, 0.25) is 0 Å². The molecule has 2 aromatic carbocycles. The molecule has 0 N–H and O–H groups in total. The molecule has 4 rings (SSSR count). The van der Waals surface area contributed by atoms with Gasteiger partial charge in [0.25, 0.3) is 0 Å². The predicted octanol–water partition coefficient (Wildman–Crippen LogP) is 4.51. The number of furan rings is 1. The van der Waals surface area contributed by atoms with Crippen LogP contribution in [0.15, 0.2) is 47.1 Å². The average Bonchev–Trinajstić information content (AvgIpc) is 3.38.